The van der Waals surface area contributed by atoms with E-state index in [1.165, 1.54) is 16.6 Å². The van der Waals surface area contributed by atoms with Crippen LogP contribution in [0, 0.1) is 13.8 Å². The van der Waals surface area contributed by atoms with Crippen LogP contribution in [0.4, 0.5) is 0 Å². The number of aryl methyl sites for hydroxylation is 2. The minimum absolute atomic E-state index is 0.144. The van der Waals surface area contributed by atoms with Crippen LogP contribution in [0.15, 0.2) is 29.3 Å². The van der Waals surface area contributed by atoms with Crippen LogP contribution in [0.3, 0.4) is 0 Å². The Kier molecular flexibility index (Phi) is 5.76. The van der Waals surface area contributed by atoms with Crippen LogP contribution in [0.2, 0.25) is 5.02 Å². The molecule has 2 N–H and O–H groups in total. The molecule has 2 heterocycles. The van der Waals surface area contributed by atoms with Gasteiger partial charge in [-0.05, 0) is 56.5 Å². The summed E-state index contributed by atoms with van der Waals surface area (Å²) in [6.45, 7) is 4.14. The molecule has 0 spiro atoms. The summed E-state index contributed by atoms with van der Waals surface area (Å²) in [7, 11) is 0. The van der Waals surface area contributed by atoms with Gasteiger partial charge < -0.3 is 0 Å². The quantitative estimate of drug-likeness (QED) is 0.345. The summed E-state index contributed by atoms with van der Waals surface area (Å²) in [4.78, 5) is 36.0. The van der Waals surface area contributed by atoms with Gasteiger partial charge in [-0.1, -0.05) is 23.4 Å². The Morgan fingerprint density at radius 1 is 1.17 bits per heavy atom. The van der Waals surface area contributed by atoms with E-state index in [9.17, 15) is 9.59 Å². The molecule has 1 saturated carbocycles. The Balaban J connectivity index is 1.41. The number of hydrogen-bond donors (Lipinski definition) is 2. The van der Waals surface area contributed by atoms with E-state index in [-0.39, 0.29) is 11.7 Å². The van der Waals surface area contributed by atoms with Crippen LogP contribution >= 0.6 is 34.7 Å². The van der Waals surface area contributed by atoms with Crippen LogP contribution < -0.4 is 10.9 Å². The molecule has 3 aromatic rings. The first-order valence-electron chi connectivity index (χ1n) is 9.17. The predicted octanol–water partition coefficient (Wildman–Crippen LogP) is 4.39. The van der Waals surface area contributed by atoms with Gasteiger partial charge in [-0.3, -0.25) is 20.4 Å². The molecule has 0 bridgehead atoms. The first-order chi connectivity index (χ1) is 13.9. The fraction of sp³-hybridized carbons (Fsp3) is 0.300. The second kappa shape index (κ2) is 8.30. The molecule has 1 aromatic carbocycles. The third kappa shape index (κ3) is 4.55. The molecule has 150 valence electrons. The number of halogens is 1. The van der Waals surface area contributed by atoms with Crippen molar-refractivity contribution in [3.8, 4) is 0 Å². The van der Waals surface area contributed by atoms with Crippen molar-refractivity contribution >= 4 is 56.7 Å². The first kappa shape index (κ1) is 20.1. The highest BCUT2D eigenvalue weighted by Crippen LogP contribution is 2.42. The molecule has 9 heteroatoms. The van der Waals surface area contributed by atoms with E-state index in [1.807, 2.05) is 0 Å². The molecule has 0 saturated heterocycles. The van der Waals surface area contributed by atoms with Gasteiger partial charge in [0.25, 0.3) is 5.91 Å². The minimum Gasteiger partial charge on any atom is -0.272 e. The Morgan fingerprint density at radius 2 is 1.90 bits per heavy atom. The van der Waals surface area contributed by atoms with Gasteiger partial charge in [0.1, 0.15) is 15.7 Å². The molecule has 4 rings (SSSR count). The third-order valence-electron chi connectivity index (χ3n) is 4.72. The predicted molar refractivity (Wildman–Crippen MR) is 117 cm³/mol. The van der Waals surface area contributed by atoms with Crippen molar-refractivity contribution < 1.29 is 9.59 Å². The molecule has 2 amide bonds. The van der Waals surface area contributed by atoms with Crippen LogP contribution in [-0.2, 0) is 4.79 Å². The van der Waals surface area contributed by atoms with Gasteiger partial charge in [-0.25, -0.2) is 9.97 Å². The van der Waals surface area contributed by atoms with Gasteiger partial charge in [0, 0.05) is 26.8 Å². The number of rotatable bonds is 5. The molecule has 0 unspecified atom stereocenters. The molecule has 1 aliphatic rings. The number of thiophene rings is 1. The van der Waals surface area contributed by atoms with Crippen molar-refractivity contribution in [3.05, 3.63) is 51.1 Å². The maximum Gasteiger partial charge on any atom is 0.269 e. The number of nitrogens with zero attached hydrogens (tertiary/aromatic N) is 2. The number of hydrogen-bond acceptors (Lipinski definition) is 6. The summed E-state index contributed by atoms with van der Waals surface area (Å²) in [5.74, 6) is 0.754. The highest BCUT2D eigenvalue weighted by molar-refractivity contribution is 8.00. The Labute approximate surface area is 181 Å². The topological polar surface area (TPSA) is 84.0 Å². The molecule has 29 heavy (non-hydrogen) atoms. The molecule has 0 atom stereocenters. The molecule has 0 aliphatic heterocycles. The summed E-state index contributed by atoms with van der Waals surface area (Å²) in [5.41, 5.74) is 6.45. The van der Waals surface area contributed by atoms with Gasteiger partial charge in [-0.15, -0.1) is 11.3 Å². The molecular formula is C20H19ClN4O2S2. The number of aromatic nitrogens is 2. The average molecular weight is 447 g/mol. The zero-order valence-electron chi connectivity index (χ0n) is 15.9. The van der Waals surface area contributed by atoms with E-state index in [4.69, 9.17) is 21.6 Å². The second-order valence-corrected chi connectivity index (χ2v) is 9.53. The number of amides is 2. The molecule has 6 nitrogen and oxygen atoms in total. The second-order valence-electron chi connectivity index (χ2n) is 6.92. The molecule has 1 aliphatic carbocycles. The fourth-order valence-electron chi connectivity index (χ4n) is 2.83. The van der Waals surface area contributed by atoms with E-state index in [2.05, 4.69) is 24.7 Å². The van der Waals surface area contributed by atoms with E-state index in [0.29, 0.717) is 16.5 Å². The summed E-state index contributed by atoms with van der Waals surface area (Å²) in [5, 5.41) is 2.40. The highest BCUT2D eigenvalue weighted by Gasteiger charge is 2.28. The smallest absolute Gasteiger partial charge is 0.269 e. The van der Waals surface area contributed by atoms with Crippen LogP contribution in [0.5, 0.6) is 0 Å². The van der Waals surface area contributed by atoms with Crippen molar-refractivity contribution in [2.45, 2.75) is 37.6 Å². The van der Waals surface area contributed by atoms with Gasteiger partial charge in [-0.2, -0.15) is 0 Å². The fourth-order valence-corrected chi connectivity index (χ4v) is 4.95. The van der Waals surface area contributed by atoms with Gasteiger partial charge in [0.2, 0.25) is 5.91 Å². The molecule has 1 fully saturated rings. The lowest BCUT2D eigenvalue weighted by Gasteiger charge is -2.09. The van der Waals surface area contributed by atoms with E-state index in [1.54, 1.807) is 35.6 Å². The van der Waals surface area contributed by atoms with Crippen molar-refractivity contribution in [3.63, 3.8) is 0 Å². The lowest BCUT2D eigenvalue weighted by atomic mass is 10.2. The number of thioether (sulfide) groups is 1. The maximum atomic E-state index is 12.3. The number of nitrogens with one attached hydrogen (secondary N) is 2. The van der Waals surface area contributed by atoms with Gasteiger partial charge in [0.05, 0.1) is 5.75 Å². The number of hydrazine groups is 1. The van der Waals surface area contributed by atoms with Crippen LogP contribution in [-0.4, -0.2) is 27.5 Å². The lowest BCUT2D eigenvalue weighted by Crippen LogP contribution is -2.42. The molecule has 2 aromatic heterocycles. The third-order valence-corrected chi connectivity index (χ3v) is 7.05. The summed E-state index contributed by atoms with van der Waals surface area (Å²) >= 11 is 8.85. The summed E-state index contributed by atoms with van der Waals surface area (Å²) in [6.07, 6.45) is 2.24. The van der Waals surface area contributed by atoms with E-state index >= 15 is 0 Å². The monoisotopic (exact) mass is 446 g/mol. The van der Waals surface area contributed by atoms with Crippen LogP contribution in [0.1, 0.15) is 45.4 Å². The maximum absolute atomic E-state index is 12.3. The zero-order chi connectivity index (χ0) is 20.5. The SMILES string of the molecule is Cc1sc2nc(C3CC3)nc(SCC(=O)NNC(=O)c3ccc(Cl)cc3)c2c1C. The number of benzene rings is 1. The normalized spacial score (nSPS) is 13.5. The zero-order valence-corrected chi connectivity index (χ0v) is 18.3. The summed E-state index contributed by atoms with van der Waals surface area (Å²) in [6, 6.07) is 6.43. The number of carbonyl (C=O) groups is 2. The molecule has 0 radical (unpaired) electrons. The standard InChI is InChI=1S/C20H19ClN4O2S2/c1-10-11(2)29-20-16(10)19(22-17(23-20)12-3-4-12)28-9-15(26)24-25-18(27)13-5-7-14(21)8-6-13/h5-8,12H,3-4,9H2,1-2H3,(H,24,26)(H,25,27). The highest BCUT2D eigenvalue weighted by atomic mass is 35.5. The van der Waals surface area contributed by atoms with Gasteiger partial charge in [0.15, 0.2) is 0 Å². The van der Waals surface area contributed by atoms with Crippen LogP contribution in [0.25, 0.3) is 10.2 Å². The average Bonchev–Trinajstić information content (AvgIpc) is 3.51. The number of fused-ring (bicyclic) bond motifs is 1. The number of carbonyl (C=O) groups excluding carboxylic acids is 2. The Bertz CT molecular complexity index is 1090. The van der Waals surface area contributed by atoms with Crippen molar-refractivity contribution in [1.29, 1.82) is 0 Å². The van der Waals surface area contributed by atoms with Crippen molar-refractivity contribution in [2.75, 3.05) is 5.75 Å². The van der Waals surface area contributed by atoms with Crippen molar-refractivity contribution in [1.82, 2.24) is 20.8 Å². The summed E-state index contributed by atoms with van der Waals surface area (Å²) < 4.78 is 0. The Morgan fingerprint density at radius 3 is 2.59 bits per heavy atom. The largest absolute Gasteiger partial charge is 0.272 e. The molecular weight excluding hydrogens is 428 g/mol. The minimum atomic E-state index is -0.398. The lowest BCUT2D eigenvalue weighted by molar-refractivity contribution is -0.119. The van der Waals surface area contributed by atoms with E-state index < -0.39 is 5.91 Å². The van der Waals surface area contributed by atoms with E-state index in [0.717, 1.165) is 39.5 Å². The first-order valence-corrected chi connectivity index (χ1v) is 11.4. The Hall–Kier alpha value is -2.16. The van der Waals surface area contributed by atoms with Gasteiger partial charge >= 0.3 is 0 Å². The van der Waals surface area contributed by atoms with Crippen molar-refractivity contribution in [2.24, 2.45) is 0 Å².